The summed E-state index contributed by atoms with van der Waals surface area (Å²) in [5, 5.41) is 0. The minimum Gasteiger partial charge on any atom is -0.285 e. The molecule has 0 bridgehead atoms. The highest BCUT2D eigenvalue weighted by molar-refractivity contribution is 6.54. The summed E-state index contributed by atoms with van der Waals surface area (Å²) in [6, 6.07) is 6.40. The Hall–Kier alpha value is -0.890. The van der Waals surface area contributed by atoms with Gasteiger partial charge in [0.2, 0.25) is 5.75 Å². The predicted octanol–water partition coefficient (Wildman–Crippen LogP) is 2.55. The van der Waals surface area contributed by atoms with Crippen LogP contribution >= 0.6 is 11.6 Å². The summed E-state index contributed by atoms with van der Waals surface area (Å²) in [4.78, 5) is 8.57. The third-order valence-electron chi connectivity index (χ3n) is 1.01. The monoisotopic (exact) mass is 174 g/mol. The smallest absolute Gasteiger partial charge is 0.208 e. The number of hydrogen-bond donors (Lipinski definition) is 0. The van der Waals surface area contributed by atoms with Gasteiger partial charge in [-0.05, 0) is 30.7 Å². The summed E-state index contributed by atoms with van der Waals surface area (Å²) in [5.74, 6) is 0.0515. The molecule has 60 valence electrons. The van der Waals surface area contributed by atoms with E-state index in [1.165, 1.54) is 12.1 Å². The molecule has 0 heterocycles. The van der Waals surface area contributed by atoms with Crippen molar-refractivity contribution in [2.75, 3.05) is 0 Å². The summed E-state index contributed by atoms with van der Waals surface area (Å²) < 4.78 is 12.1. The van der Waals surface area contributed by atoms with Gasteiger partial charge in [0.25, 0.3) is 0 Å². The molecule has 1 rings (SSSR count). The Balaban J connectivity index is 0.000000292. The van der Waals surface area contributed by atoms with Crippen molar-refractivity contribution in [3.8, 4) is 0 Å². The van der Waals surface area contributed by atoms with Crippen molar-refractivity contribution in [1.29, 1.82) is 0 Å². The summed E-state index contributed by atoms with van der Waals surface area (Å²) in [5.41, 5.74) is 1.09. The third-order valence-corrected chi connectivity index (χ3v) is 1.01. The summed E-state index contributed by atoms with van der Waals surface area (Å²) in [6.45, 7) is 1.93. The van der Waals surface area contributed by atoms with E-state index in [0.29, 0.717) is 0 Å². The predicted molar refractivity (Wildman–Crippen MR) is 43.7 cm³/mol. The van der Waals surface area contributed by atoms with E-state index in [9.17, 15) is 4.39 Å². The molecule has 0 spiro atoms. The van der Waals surface area contributed by atoms with Crippen LogP contribution in [0, 0.1) is 12.7 Å². The van der Waals surface area contributed by atoms with E-state index < -0.39 is 0 Å². The van der Waals surface area contributed by atoms with Crippen molar-refractivity contribution in [3.63, 3.8) is 0 Å². The highest BCUT2D eigenvalue weighted by atomic mass is 35.5. The van der Waals surface area contributed by atoms with Gasteiger partial charge in [-0.2, -0.15) is 0 Å². The first-order chi connectivity index (χ1) is 5.20. The molecule has 0 N–H and O–H groups in total. The molecule has 0 saturated carbocycles. The van der Waals surface area contributed by atoms with Gasteiger partial charge in [0.15, 0.2) is 0 Å². The molecule has 0 unspecified atom stereocenters. The lowest BCUT2D eigenvalue weighted by atomic mass is 10.2. The average molecular weight is 175 g/mol. The topological polar surface area (TPSA) is 17.1 Å². The van der Waals surface area contributed by atoms with Crippen LogP contribution in [0.25, 0.3) is 0 Å². The second-order valence-corrected chi connectivity index (χ2v) is 2.06. The van der Waals surface area contributed by atoms with Gasteiger partial charge in [0, 0.05) is 0 Å². The van der Waals surface area contributed by atoms with Crippen LogP contribution in [0.3, 0.4) is 0 Å². The lowest BCUT2D eigenvalue weighted by Gasteiger charge is -1.87. The molecule has 0 aromatic heterocycles. The molecule has 0 fully saturated rings. The molecule has 3 heteroatoms. The second kappa shape index (κ2) is 5.86. The van der Waals surface area contributed by atoms with Gasteiger partial charge >= 0.3 is 0 Å². The van der Waals surface area contributed by atoms with E-state index in [4.69, 9.17) is 4.79 Å². The van der Waals surface area contributed by atoms with Crippen LogP contribution in [-0.2, 0) is 4.79 Å². The van der Waals surface area contributed by atoms with E-state index in [1.54, 1.807) is 12.1 Å². The van der Waals surface area contributed by atoms with Crippen LogP contribution in [0.5, 0.6) is 0 Å². The van der Waals surface area contributed by atoms with Gasteiger partial charge in [-0.1, -0.05) is 17.7 Å². The molecule has 0 radical (unpaired) electrons. The van der Waals surface area contributed by atoms with Crippen molar-refractivity contribution in [1.82, 2.24) is 0 Å². The molecule has 0 aliphatic heterocycles. The van der Waals surface area contributed by atoms with Crippen molar-refractivity contribution >= 4 is 17.3 Å². The zero-order chi connectivity index (χ0) is 8.69. The fourth-order valence-corrected chi connectivity index (χ4v) is 0.533. The van der Waals surface area contributed by atoms with Gasteiger partial charge in [0.05, 0.1) is 0 Å². The standard InChI is InChI=1S/C7H7F.CHClO/c1-6-2-4-7(8)5-3-6;2-1-3/h2-5H,1H3;1H. The fourth-order valence-electron chi connectivity index (χ4n) is 0.533. The number of rotatable bonds is 0. The molecule has 1 aromatic carbocycles. The SMILES string of the molecule is Cc1ccc(F)cc1.O=CCl. The molecule has 0 aliphatic carbocycles. The Bertz CT molecular complexity index is 187. The van der Waals surface area contributed by atoms with Crippen molar-refractivity contribution < 1.29 is 9.18 Å². The number of aryl methyl sites for hydroxylation is 1. The van der Waals surface area contributed by atoms with Crippen LogP contribution in [0.15, 0.2) is 24.3 Å². The van der Waals surface area contributed by atoms with E-state index in [1.807, 2.05) is 6.92 Å². The molecule has 0 aliphatic rings. The van der Waals surface area contributed by atoms with Gasteiger partial charge in [-0.15, -0.1) is 0 Å². The highest BCUT2D eigenvalue weighted by Gasteiger charge is 1.83. The van der Waals surface area contributed by atoms with Crippen LogP contribution in [0.2, 0.25) is 0 Å². The van der Waals surface area contributed by atoms with Crippen molar-refractivity contribution in [2.45, 2.75) is 6.92 Å². The van der Waals surface area contributed by atoms with E-state index in [-0.39, 0.29) is 11.6 Å². The average Bonchev–Trinajstić information content (AvgIpc) is 1.97. The molecule has 0 saturated heterocycles. The molecular formula is C8H8ClFO. The first-order valence-corrected chi connectivity index (χ1v) is 3.40. The maximum absolute atomic E-state index is 12.1. The summed E-state index contributed by atoms with van der Waals surface area (Å²) >= 11 is 4.32. The Morgan fingerprint density at radius 2 is 1.73 bits per heavy atom. The Labute approximate surface area is 69.8 Å². The van der Waals surface area contributed by atoms with Crippen LogP contribution in [0.1, 0.15) is 5.56 Å². The maximum atomic E-state index is 12.1. The van der Waals surface area contributed by atoms with Gasteiger partial charge in [-0.3, -0.25) is 4.79 Å². The Morgan fingerprint density at radius 1 is 1.36 bits per heavy atom. The van der Waals surface area contributed by atoms with E-state index >= 15 is 0 Å². The Morgan fingerprint density at radius 3 is 2.00 bits per heavy atom. The number of hydrogen-bond acceptors (Lipinski definition) is 1. The fraction of sp³-hybridized carbons (Fsp3) is 0.125. The molecule has 11 heavy (non-hydrogen) atoms. The van der Waals surface area contributed by atoms with E-state index in [0.717, 1.165) is 5.56 Å². The van der Waals surface area contributed by atoms with Gasteiger partial charge in [0.1, 0.15) is 5.82 Å². The van der Waals surface area contributed by atoms with Gasteiger partial charge < -0.3 is 0 Å². The zero-order valence-electron chi connectivity index (χ0n) is 6.05. The van der Waals surface area contributed by atoms with Crippen molar-refractivity contribution in [3.05, 3.63) is 35.6 Å². The van der Waals surface area contributed by atoms with Crippen LogP contribution in [0.4, 0.5) is 4.39 Å². The quantitative estimate of drug-likeness (QED) is 0.437. The molecule has 1 nitrogen and oxygen atoms in total. The lowest BCUT2D eigenvalue weighted by Crippen LogP contribution is -1.71. The molecule has 0 atom stereocenters. The largest absolute Gasteiger partial charge is 0.285 e. The highest BCUT2D eigenvalue weighted by Crippen LogP contribution is 1.98. The number of carbonyl (C=O) groups excluding carboxylic acids is 1. The summed E-state index contributed by atoms with van der Waals surface area (Å²) in [7, 11) is 0. The Kier molecular flexibility index (Phi) is 5.39. The summed E-state index contributed by atoms with van der Waals surface area (Å²) in [6.07, 6.45) is 0. The minimum atomic E-state index is -0.171. The first-order valence-electron chi connectivity index (χ1n) is 2.96. The van der Waals surface area contributed by atoms with Crippen molar-refractivity contribution in [2.24, 2.45) is 0 Å². The zero-order valence-corrected chi connectivity index (χ0v) is 6.81. The van der Waals surface area contributed by atoms with Gasteiger partial charge in [-0.25, -0.2) is 4.39 Å². The third kappa shape index (κ3) is 5.55. The normalized spacial score (nSPS) is 7.91. The maximum Gasteiger partial charge on any atom is 0.208 e. The number of halogens is 2. The molecular weight excluding hydrogens is 167 g/mol. The number of carbonyl (C=O) groups is 1. The van der Waals surface area contributed by atoms with E-state index in [2.05, 4.69) is 11.6 Å². The van der Waals surface area contributed by atoms with Crippen LogP contribution < -0.4 is 0 Å². The van der Waals surface area contributed by atoms with Crippen LogP contribution in [-0.4, -0.2) is 5.75 Å². The minimum absolute atomic E-state index is 0.171. The first kappa shape index (κ1) is 10.1. The molecule has 0 amide bonds. The second-order valence-electron chi connectivity index (χ2n) is 1.88. The molecule has 1 aromatic rings. The lowest BCUT2D eigenvalue weighted by molar-refractivity contribution is 0.569. The number of benzene rings is 1.